The zero-order chi connectivity index (χ0) is 10.7. The predicted molar refractivity (Wildman–Crippen MR) is 49.7 cm³/mol. The van der Waals surface area contributed by atoms with Crippen molar-refractivity contribution in [1.82, 2.24) is 0 Å². The van der Waals surface area contributed by atoms with Crippen LogP contribution in [0, 0.1) is 0 Å². The fraction of sp³-hybridized carbons (Fsp3) is 0.222. The van der Waals surface area contributed by atoms with Gasteiger partial charge in [-0.15, -0.1) is 0 Å². The molecule has 4 N–H and O–H groups in total. The number of ketones is 1. The van der Waals surface area contributed by atoms with Gasteiger partial charge in [0.2, 0.25) is 5.75 Å². The van der Waals surface area contributed by atoms with Crippen LogP contribution in [0.3, 0.4) is 0 Å². The van der Waals surface area contributed by atoms with Gasteiger partial charge in [0.25, 0.3) is 0 Å². The molecule has 0 unspecified atom stereocenters. The molecule has 0 amide bonds. The van der Waals surface area contributed by atoms with E-state index in [-0.39, 0.29) is 17.9 Å². The molecule has 0 fully saturated rings. The van der Waals surface area contributed by atoms with Gasteiger partial charge in [-0.1, -0.05) is 0 Å². The Balaban J connectivity index is 3.24. The molecule has 0 aromatic heterocycles. The molecule has 0 aliphatic carbocycles. The van der Waals surface area contributed by atoms with Crippen LogP contribution in [0.5, 0.6) is 17.2 Å². The maximum Gasteiger partial charge on any atom is 0.201 e. The number of carbonyl (C=O) groups excluding carboxylic acids is 1. The third kappa shape index (κ3) is 1.62. The zero-order valence-corrected chi connectivity index (χ0v) is 7.65. The van der Waals surface area contributed by atoms with Gasteiger partial charge in [-0.3, -0.25) is 4.79 Å². The number of hydrogen-bond acceptors (Lipinski definition) is 5. The van der Waals surface area contributed by atoms with E-state index in [1.54, 1.807) is 0 Å². The molecule has 1 aromatic carbocycles. The molecule has 1 rings (SSSR count). The summed E-state index contributed by atoms with van der Waals surface area (Å²) in [6.45, 7) is -0.223. The fourth-order valence-electron chi connectivity index (χ4n) is 1.06. The highest BCUT2D eigenvalue weighted by Gasteiger charge is 2.16. The highest BCUT2D eigenvalue weighted by Crippen LogP contribution is 2.37. The van der Waals surface area contributed by atoms with Gasteiger partial charge in [0.05, 0.1) is 19.2 Å². The fourth-order valence-corrected chi connectivity index (χ4v) is 1.06. The normalized spacial score (nSPS) is 9.86. The molecule has 0 bridgehead atoms. The first kappa shape index (κ1) is 10.3. The van der Waals surface area contributed by atoms with Crippen LogP contribution in [-0.2, 0) is 0 Å². The van der Waals surface area contributed by atoms with Crippen LogP contribution >= 0.6 is 0 Å². The minimum absolute atomic E-state index is 0.00852. The summed E-state index contributed by atoms with van der Waals surface area (Å²) in [6.07, 6.45) is 0. The van der Waals surface area contributed by atoms with Crippen LogP contribution in [0.15, 0.2) is 12.1 Å². The monoisotopic (exact) mass is 197 g/mol. The molecule has 0 aliphatic rings. The highest BCUT2D eigenvalue weighted by atomic mass is 16.5. The quantitative estimate of drug-likeness (QED) is 0.477. The minimum Gasteiger partial charge on any atom is -0.504 e. The summed E-state index contributed by atoms with van der Waals surface area (Å²) >= 11 is 0. The smallest absolute Gasteiger partial charge is 0.201 e. The van der Waals surface area contributed by atoms with E-state index < -0.39 is 17.3 Å². The number of carbonyl (C=O) groups is 1. The van der Waals surface area contributed by atoms with E-state index in [2.05, 4.69) is 0 Å². The SMILES string of the molecule is COc1ccc(C(=O)CN)c(O)c1O. The van der Waals surface area contributed by atoms with Crippen LogP contribution in [0.2, 0.25) is 0 Å². The third-order valence-electron chi connectivity index (χ3n) is 1.82. The first-order chi connectivity index (χ1) is 6.61. The molecule has 0 spiro atoms. The molecule has 1 aromatic rings. The summed E-state index contributed by atoms with van der Waals surface area (Å²) in [6, 6.07) is 2.74. The van der Waals surface area contributed by atoms with Crippen molar-refractivity contribution in [2.24, 2.45) is 5.73 Å². The maximum atomic E-state index is 11.1. The number of hydrogen-bond donors (Lipinski definition) is 3. The summed E-state index contributed by atoms with van der Waals surface area (Å²) < 4.78 is 4.74. The van der Waals surface area contributed by atoms with Crippen molar-refractivity contribution in [2.75, 3.05) is 13.7 Å². The Morgan fingerprint density at radius 1 is 1.43 bits per heavy atom. The van der Waals surface area contributed by atoms with E-state index in [1.165, 1.54) is 19.2 Å². The number of aromatic hydroxyl groups is 2. The second-order valence-corrected chi connectivity index (χ2v) is 2.64. The van der Waals surface area contributed by atoms with Gasteiger partial charge in [0, 0.05) is 0 Å². The van der Waals surface area contributed by atoms with E-state index in [4.69, 9.17) is 10.5 Å². The summed E-state index contributed by atoms with van der Waals surface area (Å²) in [5.74, 6) is -1.29. The first-order valence-electron chi connectivity index (χ1n) is 3.94. The van der Waals surface area contributed by atoms with E-state index in [0.29, 0.717) is 0 Å². The lowest BCUT2D eigenvalue weighted by Gasteiger charge is -2.07. The zero-order valence-electron chi connectivity index (χ0n) is 7.65. The molecule has 0 radical (unpaired) electrons. The minimum atomic E-state index is -0.500. The average molecular weight is 197 g/mol. The Morgan fingerprint density at radius 3 is 2.57 bits per heavy atom. The summed E-state index contributed by atoms with van der Waals surface area (Å²) in [4.78, 5) is 11.1. The molecule has 5 nitrogen and oxygen atoms in total. The predicted octanol–water partition coefficient (Wildman–Crippen LogP) is 0.248. The number of phenols is 2. The molecule has 0 saturated carbocycles. The number of ether oxygens (including phenoxy) is 1. The topological polar surface area (TPSA) is 92.8 Å². The first-order valence-corrected chi connectivity index (χ1v) is 3.94. The molecule has 0 atom stereocenters. The molecule has 0 aliphatic heterocycles. The second-order valence-electron chi connectivity index (χ2n) is 2.64. The molecule has 14 heavy (non-hydrogen) atoms. The van der Waals surface area contributed by atoms with Crippen molar-refractivity contribution in [3.63, 3.8) is 0 Å². The lowest BCUT2D eigenvalue weighted by atomic mass is 10.1. The largest absolute Gasteiger partial charge is 0.504 e. The number of phenolic OH excluding ortho intramolecular Hbond substituents is 2. The van der Waals surface area contributed by atoms with Crippen LogP contribution in [0.25, 0.3) is 0 Å². The Kier molecular flexibility index (Phi) is 2.93. The van der Waals surface area contributed by atoms with Crippen LogP contribution in [0.4, 0.5) is 0 Å². The van der Waals surface area contributed by atoms with Gasteiger partial charge < -0.3 is 20.7 Å². The van der Waals surface area contributed by atoms with Crippen molar-refractivity contribution >= 4 is 5.78 Å². The van der Waals surface area contributed by atoms with E-state index >= 15 is 0 Å². The van der Waals surface area contributed by atoms with Crippen LogP contribution in [0.1, 0.15) is 10.4 Å². The van der Waals surface area contributed by atoms with Gasteiger partial charge in [-0.2, -0.15) is 0 Å². The Bertz CT molecular complexity index is 362. The van der Waals surface area contributed by atoms with Gasteiger partial charge in [0.15, 0.2) is 17.3 Å². The van der Waals surface area contributed by atoms with Gasteiger partial charge in [-0.25, -0.2) is 0 Å². The standard InChI is InChI=1S/C9H11NO4/c1-14-7-3-2-5(6(11)4-10)8(12)9(7)13/h2-3,12-13H,4,10H2,1H3. The summed E-state index contributed by atoms with van der Waals surface area (Å²) in [5.41, 5.74) is 5.11. The molecule has 0 heterocycles. The van der Waals surface area contributed by atoms with Crippen molar-refractivity contribution in [3.05, 3.63) is 17.7 Å². The number of Topliss-reactive ketones (excluding diaryl/α,β-unsaturated/α-hetero) is 1. The third-order valence-corrected chi connectivity index (χ3v) is 1.82. The number of nitrogens with two attached hydrogens (primary N) is 1. The van der Waals surface area contributed by atoms with Crippen LogP contribution in [-0.4, -0.2) is 29.7 Å². The molecule has 76 valence electrons. The molecule has 5 heteroatoms. The van der Waals surface area contributed by atoms with Crippen molar-refractivity contribution in [3.8, 4) is 17.2 Å². The lowest BCUT2D eigenvalue weighted by molar-refractivity contribution is 0.0998. The average Bonchev–Trinajstić information content (AvgIpc) is 2.21. The number of methoxy groups -OCH3 is 1. The Morgan fingerprint density at radius 2 is 2.07 bits per heavy atom. The highest BCUT2D eigenvalue weighted by molar-refractivity contribution is 6.00. The molecular weight excluding hydrogens is 186 g/mol. The lowest BCUT2D eigenvalue weighted by Crippen LogP contribution is -2.13. The van der Waals surface area contributed by atoms with Gasteiger partial charge in [0.1, 0.15) is 0 Å². The number of rotatable bonds is 3. The van der Waals surface area contributed by atoms with Gasteiger partial charge in [-0.05, 0) is 12.1 Å². The molecular formula is C9H11NO4. The van der Waals surface area contributed by atoms with Gasteiger partial charge >= 0.3 is 0 Å². The van der Waals surface area contributed by atoms with Crippen molar-refractivity contribution in [1.29, 1.82) is 0 Å². The van der Waals surface area contributed by atoms with E-state index in [9.17, 15) is 15.0 Å². The van der Waals surface area contributed by atoms with E-state index in [0.717, 1.165) is 0 Å². The Labute approximate surface area is 80.7 Å². The van der Waals surface area contributed by atoms with Crippen molar-refractivity contribution < 1.29 is 19.7 Å². The van der Waals surface area contributed by atoms with Crippen molar-refractivity contribution in [2.45, 2.75) is 0 Å². The Hall–Kier alpha value is -1.75. The summed E-state index contributed by atoms with van der Waals surface area (Å²) in [5, 5.41) is 18.8. The number of benzene rings is 1. The molecule has 0 saturated heterocycles. The summed E-state index contributed by atoms with van der Waals surface area (Å²) in [7, 11) is 1.35. The van der Waals surface area contributed by atoms with Crippen LogP contribution < -0.4 is 10.5 Å². The maximum absolute atomic E-state index is 11.1. The van der Waals surface area contributed by atoms with E-state index in [1.807, 2.05) is 0 Å². The second kappa shape index (κ2) is 3.97.